The monoisotopic (exact) mass is 458 g/mol. The number of esters is 1. The van der Waals surface area contributed by atoms with Crippen LogP contribution < -0.4 is 15.0 Å². The van der Waals surface area contributed by atoms with E-state index in [1.165, 1.54) is 30.3 Å². The third kappa shape index (κ3) is 4.75. The minimum Gasteiger partial charge on any atom is -0.423 e. The number of nitrogens with zero attached hydrogens (tertiary/aromatic N) is 1. The Bertz CT molecular complexity index is 1300. The summed E-state index contributed by atoms with van der Waals surface area (Å²) in [5, 5.41) is 2.18. The van der Waals surface area contributed by atoms with Crippen LogP contribution in [-0.4, -0.2) is 23.8 Å². The summed E-state index contributed by atoms with van der Waals surface area (Å²) in [7, 11) is 0. The largest absolute Gasteiger partial charge is 0.423 e. The maximum Gasteiger partial charge on any atom is 0.343 e. The van der Waals surface area contributed by atoms with Gasteiger partial charge in [-0.05, 0) is 72.2 Å². The van der Waals surface area contributed by atoms with Gasteiger partial charge in [0.05, 0.1) is 11.3 Å². The molecule has 0 aliphatic carbocycles. The molecule has 8 heteroatoms. The van der Waals surface area contributed by atoms with Crippen molar-refractivity contribution in [2.75, 3.05) is 4.90 Å². The van der Waals surface area contributed by atoms with Crippen molar-refractivity contribution >= 4 is 35.6 Å². The van der Waals surface area contributed by atoms with E-state index in [4.69, 9.17) is 4.74 Å². The molecule has 1 aliphatic rings. The van der Waals surface area contributed by atoms with Crippen molar-refractivity contribution in [3.05, 3.63) is 101 Å². The number of imide groups is 2. The molecule has 0 aromatic heterocycles. The molecule has 0 saturated carbocycles. The van der Waals surface area contributed by atoms with Gasteiger partial charge in [-0.1, -0.05) is 31.2 Å². The Balaban J connectivity index is 1.53. The molecule has 4 amide bonds. The smallest absolute Gasteiger partial charge is 0.343 e. The Hall–Kier alpha value is -4.59. The van der Waals surface area contributed by atoms with Gasteiger partial charge in [-0.2, -0.15) is 0 Å². The lowest BCUT2D eigenvalue weighted by molar-refractivity contribution is -0.122. The Kier molecular flexibility index (Phi) is 6.31. The quantitative estimate of drug-likeness (QED) is 0.267. The van der Waals surface area contributed by atoms with Crippen LogP contribution in [0.4, 0.5) is 14.9 Å². The standard InChI is InChI=1S/C26H19FN2O5/c1-2-16-3-11-20(12-4-16)29-24(31)22(23(30)28-26(29)33)15-17-5-13-21(14-6-17)34-25(32)18-7-9-19(27)10-8-18/h3-15H,2H2,1H3,(H,28,30,33)/b22-15-. The summed E-state index contributed by atoms with van der Waals surface area (Å²) in [6.45, 7) is 1.99. The van der Waals surface area contributed by atoms with Gasteiger partial charge in [0.2, 0.25) is 0 Å². The number of carbonyl (C=O) groups is 4. The highest BCUT2D eigenvalue weighted by molar-refractivity contribution is 6.39. The molecule has 34 heavy (non-hydrogen) atoms. The Morgan fingerprint density at radius 2 is 1.59 bits per heavy atom. The Labute approximate surface area is 194 Å². The Morgan fingerprint density at radius 3 is 2.21 bits per heavy atom. The molecule has 0 spiro atoms. The van der Waals surface area contributed by atoms with Gasteiger partial charge in [0.15, 0.2) is 0 Å². The van der Waals surface area contributed by atoms with Crippen molar-refractivity contribution in [1.82, 2.24) is 5.32 Å². The molecule has 7 nitrogen and oxygen atoms in total. The van der Waals surface area contributed by atoms with Gasteiger partial charge in [-0.15, -0.1) is 0 Å². The van der Waals surface area contributed by atoms with Crippen LogP contribution in [0.1, 0.15) is 28.4 Å². The molecule has 3 aromatic carbocycles. The number of anilines is 1. The number of carbonyl (C=O) groups excluding carboxylic acids is 4. The highest BCUT2D eigenvalue weighted by Crippen LogP contribution is 2.23. The number of aryl methyl sites for hydroxylation is 1. The molecule has 1 heterocycles. The van der Waals surface area contributed by atoms with E-state index in [-0.39, 0.29) is 16.9 Å². The van der Waals surface area contributed by atoms with E-state index < -0.39 is 29.6 Å². The van der Waals surface area contributed by atoms with Crippen LogP contribution in [0.15, 0.2) is 78.4 Å². The fraction of sp³-hybridized carbons (Fsp3) is 0.0769. The van der Waals surface area contributed by atoms with E-state index >= 15 is 0 Å². The summed E-state index contributed by atoms with van der Waals surface area (Å²) < 4.78 is 18.3. The summed E-state index contributed by atoms with van der Waals surface area (Å²) in [4.78, 5) is 50.7. The summed E-state index contributed by atoms with van der Waals surface area (Å²) >= 11 is 0. The third-order valence-corrected chi connectivity index (χ3v) is 5.19. The average Bonchev–Trinajstić information content (AvgIpc) is 2.83. The molecule has 1 fully saturated rings. The number of benzene rings is 3. The van der Waals surface area contributed by atoms with Gasteiger partial charge in [-0.3, -0.25) is 14.9 Å². The van der Waals surface area contributed by atoms with Gasteiger partial charge in [-0.25, -0.2) is 18.9 Å². The van der Waals surface area contributed by atoms with Gasteiger partial charge in [0.1, 0.15) is 17.1 Å². The zero-order valence-electron chi connectivity index (χ0n) is 18.1. The van der Waals surface area contributed by atoms with Crippen molar-refractivity contribution in [3.8, 4) is 5.75 Å². The maximum atomic E-state index is 13.0. The van der Waals surface area contributed by atoms with Gasteiger partial charge >= 0.3 is 12.0 Å². The van der Waals surface area contributed by atoms with Crippen molar-refractivity contribution in [1.29, 1.82) is 0 Å². The Morgan fingerprint density at radius 1 is 0.941 bits per heavy atom. The molecule has 0 unspecified atom stereocenters. The maximum absolute atomic E-state index is 13.0. The zero-order valence-corrected chi connectivity index (χ0v) is 18.1. The first-order chi connectivity index (χ1) is 16.4. The molecule has 1 N–H and O–H groups in total. The van der Waals surface area contributed by atoms with Crippen LogP contribution in [0.2, 0.25) is 0 Å². The van der Waals surface area contributed by atoms with Crippen LogP contribution in [0.3, 0.4) is 0 Å². The first kappa shape index (κ1) is 22.6. The summed E-state index contributed by atoms with van der Waals surface area (Å²) in [5.41, 5.74) is 1.85. The first-order valence-electron chi connectivity index (χ1n) is 10.4. The van der Waals surface area contributed by atoms with Gasteiger partial charge < -0.3 is 4.74 Å². The average molecular weight is 458 g/mol. The zero-order chi connectivity index (χ0) is 24.2. The second-order valence-corrected chi connectivity index (χ2v) is 7.44. The predicted octanol–water partition coefficient (Wildman–Crippen LogP) is 4.27. The van der Waals surface area contributed by atoms with E-state index in [1.54, 1.807) is 24.3 Å². The van der Waals surface area contributed by atoms with Crippen molar-refractivity contribution in [2.45, 2.75) is 13.3 Å². The number of hydrogen-bond donors (Lipinski definition) is 1. The second kappa shape index (κ2) is 9.50. The predicted molar refractivity (Wildman–Crippen MR) is 123 cm³/mol. The number of rotatable bonds is 5. The number of hydrogen-bond acceptors (Lipinski definition) is 5. The van der Waals surface area contributed by atoms with Crippen LogP contribution >= 0.6 is 0 Å². The number of barbiturate groups is 1. The topological polar surface area (TPSA) is 92.8 Å². The number of urea groups is 1. The van der Waals surface area contributed by atoms with Crippen molar-refractivity contribution in [2.24, 2.45) is 0 Å². The summed E-state index contributed by atoms with van der Waals surface area (Å²) in [6, 6.07) is 17.1. The molecule has 0 atom stereocenters. The first-order valence-corrected chi connectivity index (χ1v) is 10.4. The lowest BCUT2D eigenvalue weighted by Gasteiger charge is -2.26. The van der Waals surface area contributed by atoms with E-state index in [0.717, 1.165) is 29.0 Å². The van der Waals surface area contributed by atoms with E-state index in [2.05, 4.69) is 5.32 Å². The molecular weight excluding hydrogens is 439 g/mol. The number of amides is 4. The fourth-order valence-corrected chi connectivity index (χ4v) is 3.32. The summed E-state index contributed by atoms with van der Waals surface area (Å²) in [5.74, 6) is -2.44. The second-order valence-electron chi connectivity index (χ2n) is 7.44. The molecule has 0 radical (unpaired) electrons. The van der Waals surface area contributed by atoms with Crippen LogP contribution in [0.25, 0.3) is 6.08 Å². The van der Waals surface area contributed by atoms with Gasteiger partial charge in [0.25, 0.3) is 11.8 Å². The molecule has 170 valence electrons. The normalized spacial score (nSPS) is 14.8. The van der Waals surface area contributed by atoms with Crippen LogP contribution in [0, 0.1) is 5.82 Å². The van der Waals surface area contributed by atoms with E-state index in [9.17, 15) is 23.6 Å². The molecule has 1 saturated heterocycles. The van der Waals surface area contributed by atoms with Crippen LogP contribution in [0.5, 0.6) is 5.75 Å². The molecule has 4 rings (SSSR count). The van der Waals surface area contributed by atoms with Crippen molar-refractivity contribution < 1.29 is 28.3 Å². The highest BCUT2D eigenvalue weighted by Gasteiger charge is 2.36. The van der Waals surface area contributed by atoms with Crippen LogP contribution in [-0.2, 0) is 16.0 Å². The highest BCUT2D eigenvalue weighted by atomic mass is 19.1. The third-order valence-electron chi connectivity index (χ3n) is 5.19. The lowest BCUT2D eigenvalue weighted by atomic mass is 10.1. The van der Waals surface area contributed by atoms with Gasteiger partial charge in [0, 0.05) is 0 Å². The molecule has 0 bridgehead atoms. The molecule has 1 aliphatic heterocycles. The summed E-state index contributed by atoms with van der Waals surface area (Å²) in [6.07, 6.45) is 2.16. The number of nitrogens with one attached hydrogen (secondary N) is 1. The fourth-order valence-electron chi connectivity index (χ4n) is 3.32. The SMILES string of the molecule is CCc1ccc(N2C(=O)NC(=O)/C(=C/c3ccc(OC(=O)c4ccc(F)cc4)cc3)C2=O)cc1. The van der Waals surface area contributed by atoms with E-state index in [1.807, 2.05) is 19.1 Å². The van der Waals surface area contributed by atoms with Crippen molar-refractivity contribution in [3.63, 3.8) is 0 Å². The van der Waals surface area contributed by atoms with E-state index in [0.29, 0.717) is 11.3 Å². The molecule has 3 aromatic rings. The minimum absolute atomic E-state index is 0.189. The lowest BCUT2D eigenvalue weighted by Crippen LogP contribution is -2.54. The number of halogens is 1. The molecular formula is C26H19FN2O5. The number of ether oxygens (including phenoxy) is 1. The minimum atomic E-state index is -0.820.